The van der Waals surface area contributed by atoms with Crippen LogP contribution < -0.4 is 4.90 Å². The first-order valence-electron chi connectivity index (χ1n) is 9.77. The van der Waals surface area contributed by atoms with Crippen LogP contribution in [-0.4, -0.2) is 71.0 Å². The molecule has 9 nitrogen and oxygen atoms in total. The van der Waals surface area contributed by atoms with E-state index in [-0.39, 0.29) is 0 Å². The fraction of sp³-hybridized carbons (Fsp3) is 0.429. The normalized spacial score (nSPS) is 23.9. The Labute approximate surface area is 175 Å². The second kappa shape index (κ2) is 6.86. The van der Waals surface area contributed by atoms with E-state index < -0.39 is 36.2 Å². The van der Waals surface area contributed by atoms with Crippen LogP contribution in [0.2, 0.25) is 0 Å². The largest absolute Gasteiger partial charge is 0.467 e. The van der Waals surface area contributed by atoms with Crippen molar-refractivity contribution in [3.63, 3.8) is 0 Å². The molecule has 3 aliphatic heterocycles. The van der Waals surface area contributed by atoms with Crippen molar-refractivity contribution in [2.75, 3.05) is 19.1 Å². The Hall–Kier alpha value is -3.36. The number of amides is 3. The number of anilines is 1. The summed E-state index contributed by atoms with van der Waals surface area (Å²) in [7, 11) is 2.82. The number of aryl methyl sites for hydroxylation is 2. The minimum Gasteiger partial charge on any atom is -0.467 e. The van der Waals surface area contributed by atoms with Gasteiger partial charge in [-0.2, -0.15) is 0 Å². The van der Waals surface area contributed by atoms with Crippen molar-refractivity contribution >= 4 is 29.6 Å². The van der Waals surface area contributed by atoms with Crippen molar-refractivity contribution < 1.29 is 19.1 Å². The van der Waals surface area contributed by atoms with Gasteiger partial charge in [0.1, 0.15) is 6.04 Å². The van der Waals surface area contributed by atoms with Crippen LogP contribution in [0.1, 0.15) is 25.0 Å². The number of hydrogen-bond acceptors (Lipinski definition) is 7. The molecule has 3 amide bonds. The summed E-state index contributed by atoms with van der Waals surface area (Å²) in [5, 5.41) is 0. The zero-order valence-corrected chi connectivity index (χ0v) is 17.9. The number of likely N-dealkylation sites (N-methyl/N-ethyl adjacent to an activating group) is 1. The lowest BCUT2D eigenvalue weighted by Crippen LogP contribution is -2.67. The molecule has 0 bridgehead atoms. The maximum absolute atomic E-state index is 13.3. The van der Waals surface area contributed by atoms with Crippen LogP contribution in [0.3, 0.4) is 0 Å². The predicted octanol–water partition coefficient (Wildman–Crippen LogP) is 1.81. The van der Waals surface area contributed by atoms with Crippen LogP contribution in [0.25, 0.3) is 0 Å². The Morgan fingerprint density at radius 3 is 2.50 bits per heavy atom. The number of methoxy groups -OCH3 is 1. The molecule has 30 heavy (non-hydrogen) atoms. The van der Waals surface area contributed by atoms with Gasteiger partial charge in [0.15, 0.2) is 12.2 Å². The first kappa shape index (κ1) is 19.9. The number of allylic oxidation sites excluding steroid dienone is 1. The number of ether oxygens (including phenoxy) is 1. The number of rotatable bonds is 3. The van der Waals surface area contributed by atoms with Crippen LogP contribution >= 0.6 is 0 Å². The Morgan fingerprint density at radius 1 is 1.17 bits per heavy atom. The number of imide groups is 1. The van der Waals surface area contributed by atoms with E-state index in [1.54, 1.807) is 11.9 Å². The Bertz CT molecular complexity index is 1020. The highest BCUT2D eigenvalue weighted by Crippen LogP contribution is 2.37. The van der Waals surface area contributed by atoms with E-state index in [1.165, 1.54) is 24.5 Å². The molecule has 0 N–H and O–H groups in total. The molecular weight excluding hydrogens is 386 g/mol. The summed E-state index contributed by atoms with van der Waals surface area (Å²) >= 11 is 0. The average molecular weight is 411 g/mol. The van der Waals surface area contributed by atoms with Gasteiger partial charge in [0.25, 0.3) is 5.91 Å². The minimum absolute atomic E-state index is 0.467. The molecule has 1 aromatic rings. The van der Waals surface area contributed by atoms with E-state index in [0.717, 1.165) is 21.8 Å². The van der Waals surface area contributed by atoms with Crippen molar-refractivity contribution in [1.82, 2.24) is 14.7 Å². The standard InChI is InChI=1S/C21H25N5O4/c1-11-7-8-15(9-12(11)2)25-13(3)10-24-16-17(22-20(24)25)23(5)21(29)26(18(16)27)14(4)19(28)30-6/h7-10,14,16-17H,1-6H3. The summed E-state index contributed by atoms with van der Waals surface area (Å²) in [4.78, 5) is 49.1. The monoisotopic (exact) mass is 411 g/mol. The molecule has 1 saturated heterocycles. The summed E-state index contributed by atoms with van der Waals surface area (Å²) in [6.07, 6.45) is 1.20. The Kier molecular flexibility index (Phi) is 4.56. The third-order valence-corrected chi connectivity index (χ3v) is 6.01. The van der Waals surface area contributed by atoms with Gasteiger partial charge in [0.2, 0.25) is 5.96 Å². The van der Waals surface area contributed by atoms with E-state index in [0.29, 0.717) is 5.96 Å². The molecule has 0 radical (unpaired) electrons. The van der Waals surface area contributed by atoms with Crippen LogP contribution in [-0.2, 0) is 14.3 Å². The predicted molar refractivity (Wildman–Crippen MR) is 110 cm³/mol. The van der Waals surface area contributed by atoms with E-state index >= 15 is 0 Å². The van der Waals surface area contributed by atoms with Crippen molar-refractivity contribution in [3.8, 4) is 0 Å². The second-order valence-corrected chi connectivity index (χ2v) is 7.87. The zero-order valence-electron chi connectivity index (χ0n) is 17.9. The fourth-order valence-electron chi connectivity index (χ4n) is 4.13. The Balaban J connectivity index is 1.72. The quantitative estimate of drug-likeness (QED) is 0.705. The van der Waals surface area contributed by atoms with Crippen LogP contribution in [0, 0.1) is 13.8 Å². The molecule has 0 aliphatic carbocycles. The fourth-order valence-corrected chi connectivity index (χ4v) is 4.13. The number of guanidine groups is 1. The topological polar surface area (TPSA) is 85.8 Å². The van der Waals surface area contributed by atoms with E-state index in [2.05, 4.69) is 13.0 Å². The van der Waals surface area contributed by atoms with Crippen LogP contribution in [0.15, 0.2) is 35.1 Å². The smallest absolute Gasteiger partial charge is 0.329 e. The highest BCUT2D eigenvalue weighted by atomic mass is 16.5. The van der Waals surface area contributed by atoms with Gasteiger partial charge in [-0.15, -0.1) is 0 Å². The maximum Gasteiger partial charge on any atom is 0.329 e. The lowest BCUT2D eigenvalue weighted by atomic mass is 10.1. The summed E-state index contributed by atoms with van der Waals surface area (Å²) in [5.41, 5.74) is 4.19. The van der Waals surface area contributed by atoms with Crippen LogP contribution in [0.5, 0.6) is 0 Å². The summed E-state index contributed by atoms with van der Waals surface area (Å²) < 4.78 is 4.74. The molecular formula is C21H25N5O4. The molecule has 0 saturated carbocycles. The van der Waals surface area contributed by atoms with E-state index in [1.807, 2.05) is 37.1 Å². The third-order valence-electron chi connectivity index (χ3n) is 6.01. The minimum atomic E-state index is -1.02. The second-order valence-electron chi connectivity index (χ2n) is 7.87. The lowest BCUT2D eigenvalue weighted by molar-refractivity contribution is -0.153. The summed E-state index contributed by atoms with van der Waals surface area (Å²) in [6, 6.07) is 3.80. The highest BCUT2D eigenvalue weighted by molar-refractivity contribution is 6.11. The van der Waals surface area contributed by atoms with Gasteiger partial charge in [-0.05, 0) is 51.0 Å². The van der Waals surface area contributed by atoms with Crippen LogP contribution in [0.4, 0.5) is 10.5 Å². The molecule has 158 valence electrons. The van der Waals surface area contributed by atoms with Gasteiger partial charge < -0.3 is 14.5 Å². The molecule has 1 aromatic carbocycles. The summed E-state index contributed by atoms with van der Waals surface area (Å²) in [6.45, 7) is 7.53. The zero-order chi connectivity index (χ0) is 21.9. The molecule has 3 unspecified atom stereocenters. The number of fused-ring (bicyclic) bond motifs is 3. The molecule has 1 fully saturated rings. The van der Waals surface area contributed by atoms with Crippen molar-refractivity contribution in [2.45, 2.75) is 45.9 Å². The number of esters is 1. The van der Waals surface area contributed by atoms with Gasteiger partial charge in [-0.25, -0.2) is 19.5 Å². The summed E-state index contributed by atoms with van der Waals surface area (Å²) in [5.74, 6) is -0.523. The molecule has 4 rings (SSSR count). The van der Waals surface area contributed by atoms with E-state index in [4.69, 9.17) is 9.73 Å². The molecule has 0 aromatic heterocycles. The number of urea groups is 1. The highest BCUT2D eigenvalue weighted by Gasteiger charge is 2.56. The lowest BCUT2D eigenvalue weighted by Gasteiger charge is -2.41. The van der Waals surface area contributed by atoms with E-state index in [9.17, 15) is 14.4 Å². The van der Waals surface area contributed by atoms with Gasteiger partial charge >= 0.3 is 12.0 Å². The number of aliphatic imine (C=N–C) groups is 1. The van der Waals surface area contributed by atoms with Gasteiger partial charge in [-0.3, -0.25) is 9.69 Å². The van der Waals surface area contributed by atoms with Crippen molar-refractivity contribution in [2.24, 2.45) is 4.99 Å². The molecule has 0 spiro atoms. The first-order chi connectivity index (χ1) is 14.2. The van der Waals surface area contributed by atoms with Crippen molar-refractivity contribution in [1.29, 1.82) is 0 Å². The molecule has 3 atom stereocenters. The number of benzene rings is 1. The van der Waals surface area contributed by atoms with Gasteiger partial charge in [0, 0.05) is 24.6 Å². The number of hydrogen-bond donors (Lipinski definition) is 0. The molecule has 3 aliphatic rings. The first-order valence-corrected chi connectivity index (χ1v) is 9.77. The maximum atomic E-state index is 13.3. The third kappa shape index (κ3) is 2.68. The molecule has 9 heteroatoms. The number of carbonyl (C=O) groups is 3. The van der Waals surface area contributed by atoms with Gasteiger partial charge in [0.05, 0.1) is 7.11 Å². The van der Waals surface area contributed by atoms with Crippen molar-refractivity contribution in [3.05, 3.63) is 41.2 Å². The average Bonchev–Trinajstić information content (AvgIpc) is 3.22. The van der Waals surface area contributed by atoms with Gasteiger partial charge in [-0.1, -0.05) is 6.07 Å². The number of carbonyl (C=O) groups excluding carboxylic acids is 3. The number of nitrogens with zero attached hydrogens (tertiary/aromatic N) is 5. The SMILES string of the molecule is COC(=O)C(C)N1C(=O)C2C(N=C3N(c4ccc(C)c(C)c4)C(C)=CN32)N(C)C1=O. The Morgan fingerprint density at radius 2 is 1.87 bits per heavy atom. The molecule has 3 heterocycles.